The van der Waals surface area contributed by atoms with E-state index in [1.807, 2.05) is 36.4 Å². The summed E-state index contributed by atoms with van der Waals surface area (Å²) in [6.07, 6.45) is 3.91. The van der Waals surface area contributed by atoms with E-state index in [2.05, 4.69) is 75.5 Å². The Morgan fingerprint density at radius 1 is 0.971 bits per heavy atom. The van der Waals surface area contributed by atoms with Gasteiger partial charge in [-0.15, -0.1) is 10.2 Å². The van der Waals surface area contributed by atoms with Gasteiger partial charge in [0.05, 0.1) is 11.7 Å². The van der Waals surface area contributed by atoms with E-state index in [1.165, 1.54) is 5.56 Å². The third kappa shape index (κ3) is 5.14. The summed E-state index contributed by atoms with van der Waals surface area (Å²) in [7, 11) is 0. The third-order valence-electron chi connectivity index (χ3n) is 5.89. The van der Waals surface area contributed by atoms with Gasteiger partial charge in [0, 0.05) is 11.9 Å². The van der Waals surface area contributed by atoms with Gasteiger partial charge in [-0.1, -0.05) is 61.4 Å². The van der Waals surface area contributed by atoms with Crippen molar-refractivity contribution in [3.8, 4) is 5.75 Å². The molecular weight excluding hydrogens is 436 g/mol. The van der Waals surface area contributed by atoms with Crippen LogP contribution in [0.25, 0.3) is 22.1 Å². The molecule has 0 aliphatic heterocycles. The molecule has 0 aliphatic carbocycles. The highest BCUT2D eigenvalue weighted by atomic mass is 16.5. The summed E-state index contributed by atoms with van der Waals surface area (Å²) < 4.78 is 8.09. The van der Waals surface area contributed by atoms with Gasteiger partial charge < -0.3 is 9.30 Å². The van der Waals surface area contributed by atoms with Gasteiger partial charge in [-0.2, -0.15) is 10.1 Å². The monoisotopic (exact) mass is 464 g/mol. The molecular formula is C28H28N6O. The van der Waals surface area contributed by atoms with Crippen molar-refractivity contribution in [2.24, 2.45) is 5.10 Å². The van der Waals surface area contributed by atoms with Crippen LogP contribution < -0.4 is 10.2 Å². The molecule has 0 saturated carbocycles. The van der Waals surface area contributed by atoms with E-state index in [-0.39, 0.29) is 0 Å². The molecule has 2 heterocycles. The number of hydrogen-bond acceptors (Lipinski definition) is 6. The fourth-order valence-corrected chi connectivity index (χ4v) is 3.96. The summed E-state index contributed by atoms with van der Waals surface area (Å²) in [5.74, 6) is 1.18. The van der Waals surface area contributed by atoms with E-state index < -0.39 is 0 Å². The second-order valence-corrected chi connectivity index (χ2v) is 8.54. The number of aromatic nitrogens is 4. The van der Waals surface area contributed by atoms with E-state index in [4.69, 9.17) is 9.72 Å². The van der Waals surface area contributed by atoms with Crippen molar-refractivity contribution in [1.82, 2.24) is 19.7 Å². The number of nitrogens with one attached hydrogen (secondary N) is 1. The molecule has 0 unspecified atom stereocenters. The van der Waals surface area contributed by atoms with Gasteiger partial charge >= 0.3 is 0 Å². The number of aryl methyl sites for hydroxylation is 2. The van der Waals surface area contributed by atoms with E-state index >= 15 is 0 Å². The quantitative estimate of drug-likeness (QED) is 0.210. The standard InChI is InChI=1S/C28H28N6O/c1-3-4-17-34-25-8-6-5-7-24(25)26-27(34)30-28(33-31-26)32-29-18-21-13-15-23(16-14-21)35-19-22-11-9-20(2)10-12-22/h5-16,18H,3-4,17,19H2,1-2H3,(H,30,32,33)/b29-18+. The minimum absolute atomic E-state index is 0.368. The molecule has 0 spiro atoms. The molecule has 0 amide bonds. The van der Waals surface area contributed by atoms with Gasteiger partial charge in [0.1, 0.15) is 17.9 Å². The Kier molecular flexibility index (Phi) is 6.66. The molecule has 0 atom stereocenters. The summed E-state index contributed by atoms with van der Waals surface area (Å²) in [5, 5.41) is 14.0. The van der Waals surface area contributed by atoms with Crippen molar-refractivity contribution >= 4 is 34.2 Å². The minimum atomic E-state index is 0.368. The molecule has 0 aliphatic rings. The molecule has 1 N–H and O–H groups in total. The van der Waals surface area contributed by atoms with Crippen molar-refractivity contribution in [2.75, 3.05) is 5.43 Å². The second kappa shape index (κ2) is 10.3. The lowest BCUT2D eigenvalue weighted by atomic mass is 10.2. The average molecular weight is 465 g/mol. The number of fused-ring (bicyclic) bond motifs is 3. The number of ether oxygens (including phenoxy) is 1. The first-order valence-corrected chi connectivity index (χ1v) is 11.9. The number of hydrazone groups is 1. The van der Waals surface area contributed by atoms with Gasteiger partial charge in [0.15, 0.2) is 5.65 Å². The van der Waals surface area contributed by atoms with Crippen LogP contribution in [0.15, 0.2) is 77.9 Å². The molecule has 0 fully saturated rings. The maximum absolute atomic E-state index is 5.87. The van der Waals surface area contributed by atoms with Crippen LogP contribution in [0.1, 0.15) is 36.5 Å². The molecule has 3 aromatic carbocycles. The van der Waals surface area contributed by atoms with Gasteiger partial charge in [0.25, 0.3) is 5.95 Å². The van der Waals surface area contributed by atoms with Crippen LogP contribution in [0.5, 0.6) is 5.75 Å². The lowest BCUT2D eigenvalue weighted by Gasteiger charge is -2.07. The highest BCUT2D eigenvalue weighted by molar-refractivity contribution is 6.04. The predicted molar refractivity (Wildman–Crippen MR) is 141 cm³/mol. The Bertz CT molecular complexity index is 1460. The average Bonchev–Trinajstić information content (AvgIpc) is 3.21. The first-order chi connectivity index (χ1) is 17.2. The van der Waals surface area contributed by atoms with Crippen LogP contribution in [0.3, 0.4) is 0 Å². The van der Waals surface area contributed by atoms with E-state index in [0.29, 0.717) is 12.6 Å². The topological polar surface area (TPSA) is 77.2 Å². The van der Waals surface area contributed by atoms with Crippen LogP contribution >= 0.6 is 0 Å². The van der Waals surface area contributed by atoms with Crippen molar-refractivity contribution in [3.63, 3.8) is 0 Å². The molecule has 0 bridgehead atoms. The summed E-state index contributed by atoms with van der Waals surface area (Å²) in [4.78, 5) is 4.71. The van der Waals surface area contributed by atoms with E-state index in [9.17, 15) is 0 Å². The number of benzene rings is 3. The minimum Gasteiger partial charge on any atom is -0.489 e. The molecule has 7 nitrogen and oxygen atoms in total. The smallest absolute Gasteiger partial charge is 0.265 e. The first kappa shape index (κ1) is 22.5. The number of unbranched alkanes of at least 4 members (excludes halogenated alkanes) is 1. The number of nitrogens with zero attached hydrogens (tertiary/aromatic N) is 5. The van der Waals surface area contributed by atoms with Crippen LogP contribution in [-0.2, 0) is 13.2 Å². The number of hydrogen-bond donors (Lipinski definition) is 1. The Balaban J connectivity index is 1.26. The molecule has 7 heteroatoms. The highest BCUT2D eigenvalue weighted by Crippen LogP contribution is 2.26. The normalized spacial score (nSPS) is 11.5. The summed E-state index contributed by atoms with van der Waals surface area (Å²) in [6, 6.07) is 24.4. The number of para-hydroxylation sites is 1. The Labute approximate surface area is 204 Å². The van der Waals surface area contributed by atoms with Crippen LogP contribution in [0, 0.1) is 6.92 Å². The fourth-order valence-electron chi connectivity index (χ4n) is 3.96. The zero-order valence-corrected chi connectivity index (χ0v) is 20.0. The lowest BCUT2D eigenvalue weighted by Crippen LogP contribution is -2.03. The van der Waals surface area contributed by atoms with Crippen molar-refractivity contribution < 1.29 is 4.74 Å². The maximum Gasteiger partial charge on any atom is 0.265 e. The lowest BCUT2D eigenvalue weighted by molar-refractivity contribution is 0.306. The summed E-state index contributed by atoms with van der Waals surface area (Å²) in [5.41, 5.74) is 9.00. The Hall–Kier alpha value is -4.26. The highest BCUT2D eigenvalue weighted by Gasteiger charge is 2.14. The van der Waals surface area contributed by atoms with E-state index in [0.717, 1.165) is 58.3 Å². The summed E-state index contributed by atoms with van der Waals surface area (Å²) >= 11 is 0. The van der Waals surface area contributed by atoms with E-state index in [1.54, 1.807) is 6.21 Å². The predicted octanol–water partition coefficient (Wildman–Crippen LogP) is 6.11. The van der Waals surface area contributed by atoms with Crippen molar-refractivity contribution in [3.05, 3.63) is 89.5 Å². The Morgan fingerprint density at radius 2 is 1.77 bits per heavy atom. The molecule has 35 heavy (non-hydrogen) atoms. The van der Waals surface area contributed by atoms with Gasteiger partial charge in [-0.3, -0.25) is 0 Å². The number of anilines is 1. The third-order valence-corrected chi connectivity index (χ3v) is 5.89. The van der Waals surface area contributed by atoms with Crippen molar-refractivity contribution in [2.45, 2.75) is 39.8 Å². The maximum atomic E-state index is 5.87. The molecule has 5 aromatic rings. The van der Waals surface area contributed by atoms with Gasteiger partial charge in [-0.25, -0.2) is 5.43 Å². The largest absolute Gasteiger partial charge is 0.489 e. The Morgan fingerprint density at radius 3 is 2.57 bits per heavy atom. The molecule has 5 rings (SSSR count). The second-order valence-electron chi connectivity index (χ2n) is 8.54. The van der Waals surface area contributed by atoms with Gasteiger partial charge in [0.2, 0.25) is 0 Å². The fraction of sp³-hybridized carbons (Fsp3) is 0.214. The first-order valence-electron chi connectivity index (χ1n) is 11.9. The zero-order chi connectivity index (χ0) is 24.0. The van der Waals surface area contributed by atoms with Crippen molar-refractivity contribution in [1.29, 1.82) is 0 Å². The van der Waals surface area contributed by atoms with Crippen LogP contribution in [0.4, 0.5) is 5.95 Å². The molecule has 0 radical (unpaired) electrons. The molecule has 0 saturated heterocycles. The van der Waals surface area contributed by atoms with Crippen LogP contribution in [-0.4, -0.2) is 26.0 Å². The SMILES string of the molecule is CCCCn1c2ccccc2c2nnc(N/N=C/c3ccc(OCc4ccc(C)cc4)cc3)nc21. The van der Waals surface area contributed by atoms with Gasteiger partial charge in [-0.05, 0) is 54.8 Å². The molecule has 2 aromatic heterocycles. The summed E-state index contributed by atoms with van der Waals surface area (Å²) in [6.45, 7) is 5.69. The zero-order valence-electron chi connectivity index (χ0n) is 20.0. The molecule has 176 valence electrons. The van der Waals surface area contributed by atoms with Crippen LogP contribution in [0.2, 0.25) is 0 Å². The number of rotatable bonds is 9.